The molecule has 3 nitrogen and oxygen atoms in total. The van der Waals surface area contributed by atoms with E-state index in [0.717, 1.165) is 33.3 Å². The van der Waals surface area contributed by atoms with Gasteiger partial charge in [-0.1, -0.05) is 60.7 Å². The summed E-state index contributed by atoms with van der Waals surface area (Å²) in [6, 6.07) is 26.9. The molecule has 0 amide bonds. The molecule has 0 aliphatic carbocycles. The van der Waals surface area contributed by atoms with Crippen LogP contribution >= 0.6 is 0 Å². The Morgan fingerprint density at radius 2 is 1.59 bits per heavy atom. The number of aromatic nitrogens is 3. The van der Waals surface area contributed by atoms with E-state index in [1.165, 1.54) is 12.1 Å². The summed E-state index contributed by atoms with van der Waals surface area (Å²) in [5, 5.41) is 1.06. The molecule has 2 heterocycles. The van der Waals surface area contributed by atoms with Gasteiger partial charge in [0.15, 0.2) is 0 Å². The molecule has 0 aliphatic rings. The van der Waals surface area contributed by atoms with Crippen LogP contribution in [-0.2, 0) is 0 Å². The van der Waals surface area contributed by atoms with Crippen LogP contribution in [0.25, 0.3) is 22.2 Å². The van der Waals surface area contributed by atoms with Crippen molar-refractivity contribution in [1.29, 1.82) is 0 Å². The minimum Gasteiger partial charge on any atom is -0.326 e. The van der Waals surface area contributed by atoms with Crippen molar-refractivity contribution < 1.29 is 4.39 Å². The molecule has 0 fully saturated rings. The molecule has 0 spiro atoms. The van der Waals surface area contributed by atoms with Gasteiger partial charge in [-0.25, -0.2) is 14.4 Å². The molecule has 3 aromatic carbocycles. The number of fused-ring (bicyclic) bond motifs is 1. The Labute approximate surface area is 168 Å². The van der Waals surface area contributed by atoms with Crippen molar-refractivity contribution in [3.05, 3.63) is 121 Å². The van der Waals surface area contributed by atoms with Crippen LogP contribution < -0.4 is 0 Å². The van der Waals surface area contributed by atoms with Crippen molar-refractivity contribution in [3.8, 4) is 11.3 Å². The van der Waals surface area contributed by atoms with E-state index in [4.69, 9.17) is 4.98 Å². The van der Waals surface area contributed by atoms with Crippen molar-refractivity contribution >= 4 is 10.9 Å². The zero-order valence-electron chi connectivity index (χ0n) is 15.6. The van der Waals surface area contributed by atoms with Gasteiger partial charge in [0.1, 0.15) is 5.82 Å². The third kappa shape index (κ3) is 3.29. The molecule has 0 saturated heterocycles. The minimum atomic E-state index is -0.252. The van der Waals surface area contributed by atoms with Gasteiger partial charge in [-0.15, -0.1) is 0 Å². The summed E-state index contributed by atoms with van der Waals surface area (Å²) in [7, 11) is 0. The van der Waals surface area contributed by atoms with E-state index in [9.17, 15) is 4.39 Å². The molecule has 4 heteroatoms. The highest BCUT2D eigenvalue weighted by atomic mass is 19.1. The lowest BCUT2D eigenvalue weighted by atomic mass is 9.93. The van der Waals surface area contributed by atoms with Gasteiger partial charge in [0.2, 0.25) is 0 Å². The molecule has 5 rings (SSSR count). The van der Waals surface area contributed by atoms with Gasteiger partial charge in [-0.05, 0) is 29.8 Å². The van der Waals surface area contributed by atoms with Crippen molar-refractivity contribution in [2.45, 2.75) is 6.04 Å². The molecule has 0 bridgehead atoms. The van der Waals surface area contributed by atoms with Crippen molar-refractivity contribution in [2.75, 3.05) is 0 Å². The maximum Gasteiger partial charge on any atom is 0.123 e. The number of imidazole rings is 1. The summed E-state index contributed by atoms with van der Waals surface area (Å²) in [5.41, 5.74) is 4.91. The summed E-state index contributed by atoms with van der Waals surface area (Å²) < 4.78 is 15.6. The smallest absolute Gasteiger partial charge is 0.123 e. The Bertz CT molecular complexity index is 1250. The number of nitrogens with zero attached hydrogens (tertiary/aromatic N) is 3. The Balaban J connectivity index is 1.81. The lowest BCUT2D eigenvalue weighted by Crippen LogP contribution is -2.13. The molecule has 1 atom stereocenters. The number of para-hydroxylation sites is 1. The summed E-state index contributed by atoms with van der Waals surface area (Å²) in [5.74, 6) is -0.252. The zero-order valence-corrected chi connectivity index (χ0v) is 15.6. The molecule has 1 unspecified atom stereocenters. The molecule has 0 radical (unpaired) electrons. The number of pyridine rings is 1. The van der Waals surface area contributed by atoms with Crippen molar-refractivity contribution in [3.63, 3.8) is 0 Å². The maximum absolute atomic E-state index is 13.6. The zero-order chi connectivity index (χ0) is 19.6. The van der Waals surface area contributed by atoms with Crippen LogP contribution in [0.5, 0.6) is 0 Å². The molecule has 5 aromatic rings. The quantitative estimate of drug-likeness (QED) is 0.391. The van der Waals surface area contributed by atoms with Gasteiger partial charge in [-0.3, -0.25) is 0 Å². The highest BCUT2D eigenvalue weighted by molar-refractivity contribution is 5.84. The molecule has 29 heavy (non-hydrogen) atoms. The van der Waals surface area contributed by atoms with Crippen LogP contribution in [-0.4, -0.2) is 14.5 Å². The molecule has 140 valence electrons. The van der Waals surface area contributed by atoms with E-state index in [1.54, 1.807) is 12.5 Å². The SMILES string of the molecule is Fc1ccc(C(c2cc3ccccc3nc2-c2ccccc2)n2ccnc2)cc1. The molecule has 0 saturated carbocycles. The molecule has 2 aromatic heterocycles. The first-order chi connectivity index (χ1) is 14.3. The van der Waals surface area contributed by atoms with Crippen LogP contribution in [0.2, 0.25) is 0 Å². The molecular weight excluding hydrogens is 361 g/mol. The number of halogens is 1. The number of hydrogen-bond donors (Lipinski definition) is 0. The predicted octanol–water partition coefficient (Wildman–Crippen LogP) is 5.88. The molecule has 0 aliphatic heterocycles. The van der Waals surface area contributed by atoms with Crippen LogP contribution in [0.1, 0.15) is 17.2 Å². The van der Waals surface area contributed by atoms with Gasteiger partial charge in [0.05, 0.1) is 23.6 Å². The normalized spacial score (nSPS) is 12.2. The van der Waals surface area contributed by atoms with E-state index >= 15 is 0 Å². The first kappa shape index (κ1) is 17.3. The topological polar surface area (TPSA) is 30.7 Å². The lowest BCUT2D eigenvalue weighted by molar-refractivity contribution is 0.622. The average Bonchev–Trinajstić information content (AvgIpc) is 3.30. The molecular formula is C25H18FN3. The van der Waals surface area contributed by atoms with Crippen molar-refractivity contribution in [2.24, 2.45) is 0 Å². The Morgan fingerprint density at radius 3 is 2.34 bits per heavy atom. The van der Waals surface area contributed by atoms with Gasteiger partial charge in [0.25, 0.3) is 0 Å². The highest BCUT2D eigenvalue weighted by Crippen LogP contribution is 2.35. The average molecular weight is 379 g/mol. The predicted molar refractivity (Wildman–Crippen MR) is 113 cm³/mol. The van der Waals surface area contributed by atoms with Crippen LogP contribution in [0, 0.1) is 5.82 Å². The summed E-state index contributed by atoms with van der Waals surface area (Å²) in [4.78, 5) is 9.26. The van der Waals surface area contributed by atoms with E-state index < -0.39 is 0 Å². The summed E-state index contributed by atoms with van der Waals surface area (Å²) in [6.45, 7) is 0. The fraction of sp³-hybridized carbons (Fsp3) is 0.0400. The van der Waals surface area contributed by atoms with Crippen LogP contribution in [0.3, 0.4) is 0 Å². The maximum atomic E-state index is 13.6. The van der Waals surface area contributed by atoms with Crippen LogP contribution in [0.15, 0.2) is 104 Å². The number of rotatable bonds is 4. The third-order valence-electron chi connectivity index (χ3n) is 5.10. The Morgan fingerprint density at radius 1 is 0.828 bits per heavy atom. The van der Waals surface area contributed by atoms with Crippen LogP contribution in [0.4, 0.5) is 4.39 Å². The second-order valence-electron chi connectivity index (χ2n) is 6.95. The van der Waals surface area contributed by atoms with E-state index in [-0.39, 0.29) is 11.9 Å². The van der Waals surface area contributed by atoms with Gasteiger partial charge >= 0.3 is 0 Å². The molecule has 0 N–H and O–H groups in total. The van der Waals surface area contributed by atoms with Crippen molar-refractivity contribution in [1.82, 2.24) is 14.5 Å². The number of hydrogen-bond acceptors (Lipinski definition) is 2. The van der Waals surface area contributed by atoms with E-state index in [2.05, 4.69) is 29.2 Å². The Hall–Kier alpha value is -3.79. The first-order valence-electron chi connectivity index (χ1n) is 9.47. The minimum absolute atomic E-state index is 0.176. The second kappa shape index (κ2) is 7.32. The van der Waals surface area contributed by atoms with Gasteiger partial charge in [-0.2, -0.15) is 0 Å². The van der Waals surface area contributed by atoms with Gasteiger partial charge in [0, 0.05) is 28.9 Å². The van der Waals surface area contributed by atoms with E-state index in [1.807, 2.05) is 59.3 Å². The fourth-order valence-corrected chi connectivity index (χ4v) is 3.75. The standard InChI is InChI=1S/C25H18FN3/c26-21-12-10-19(11-13-21)25(29-15-14-27-17-29)22-16-20-8-4-5-9-23(20)28-24(22)18-6-2-1-3-7-18/h1-17,25H. The lowest BCUT2D eigenvalue weighted by Gasteiger charge is -2.23. The summed E-state index contributed by atoms with van der Waals surface area (Å²) in [6.07, 6.45) is 5.48. The monoisotopic (exact) mass is 379 g/mol. The fourth-order valence-electron chi connectivity index (χ4n) is 3.75. The second-order valence-corrected chi connectivity index (χ2v) is 6.95. The van der Waals surface area contributed by atoms with Gasteiger partial charge < -0.3 is 4.57 Å². The van der Waals surface area contributed by atoms with E-state index in [0.29, 0.717) is 0 Å². The largest absolute Gasteiger partial charge is 0.326 e. The summed E-state index contributed by atoms with van der Waals surface area (Å²) >= 11 is 0. The third-order valence-corrected chi connectivity index (χ3v) is 5.10. The highest BCUT2D eigenvalue weighted by Gasteiger charge is 2.22. The Kier molecular flexibility index (Phi) is 4.37. The number of benzene rings is 3. The first-order valence-corrected chi connectivity index (χ1v) is 9.47.